The van der Waals surface area contributed by atoms with Crippen LogP contribution in [0.15, 0.2) is 78.9 Å². The number of hydrogen-bond acceptors (Lipinski definition) is 2. The molecule has 1 radical (unpaired) electrons. The minimum atomic E-state index is 0.428. The van der Waals surface area contributed by atoms with Crippen LogP contribution in [0.2, 0.25) is 0 Å². The first-order valence-electron chi connectivity index (χ1n) is 9.22. The molecular weight excluding hydrogens is 332 g/mol. The van der Waals surface area contributed by atoms with Crippen molar-refractivity contribution >= 4 is 11.1 Å². The second-order valence-electron chi connectivity index (χ2n) is 6.17. The van der Waals surface area contributed by atoms with Gasteiger partial charge in [0.25, 0.3) is 0 Å². The largest absolute Gasteiger partial charge is 0.497 e. The molecule has 3 aromatic carbocycles. The monoisotopic (exact) mass is 357 g/mol. The molecule has 0 aliphatic carbocycles. The van der Waals surface area contributed by atoms with E-state index in [0.29, 0.717) is 6.61 Å². The first kappa shape index (κ1) is 18.8. The summed E-state index contributed by atoms with van der Waals surface area (Å²) in [7, 11) is 1.69. The fourth-order valence-corrected chi connectivity index (χ4v) is 3.27. The summed E-state index contributed by atoms with van der Waals surface area (Å²) < 4.78 is 10.8. The van der Waals surface area contributed by atoms with Crippen LogP contribution in [-0.2, 0) is 0 Å². The molecule has 0 atom stereocenters. The molecule has 0 N–H and O–H groups in total. The fourth-order valence-electron chi connectivity index (χ4n) is 3.27. The van der Waals surface area contributed by atoms with Gasteiger partial charge in [-0.2, -0.15) is 0 Å². The summed E-state index contributed by atoms with van der Waals surface area (Å²) >= 11 is 0. The number of hydrogen-bond donors (Lipinski definition) is 0. The van der Waals surface area contributed by atoms with Crippen molar-refractivity contribution in [1.82, 2.24) is 0 Å². The van der Waals surface area contributed by atoms with E-state index in [-0.39, 0.29) is 0 Å². The van der Waals surface area contributed by atoms with Gasteiger partial charge in [0, 0.05) is 0 Å². The van der Waals surface area contributed by atoms with Crippen LogP contribution in [0.4, 0.5) is 0 Å². The molecule has 0 saturated heterocycles. The molecule has 3 rings (SSSR count). The molecule has 27 heavy (non-hydrogen) atoms. The Labute approximate surface area is 162 Å². The Morgan fingerprint density at radius 2 is 1.30 bits per heavy atom. The topological polar surface area (TPSA) is 18.5 Å². The van der Waals surface area contributed by atoms with Crippen LogP contribution in [-0.4, -0.2) is 13.7 Å². The normalized spacial score (nSPS) is 11.7. The van der Waals surface area contributed by atoms with Gasteiger partial charge in [0.2, 0.25) is 0 Å². The van der Waals surface area contributed by atoms with E-state index in [9.17, 15) is 0 Å². The van der Waals surface area contributed by atoms with Crippen LogP contribution < -0.4 is 9.47 Å². The summed E-state index contributed by atoms with van der Waals surface area (Å²) in [5.41, 5.74) is 6.12. The zero-order valence-corrected chi connectivity index (χ0v) is 15.9. The summed E-state index contributed by atoms with van der Waals surface area (Å²) in [4.78, 5) is 0. The van der Waals surface area contributed by atoms with Crippen LogP contribution in [0.5, 0.6) is 11.5 Å². The highest BCUT2D eigenvalue weighted by Crippen LogP contribution is 2.35. The highest BCUT2D eigenvalue weighted by molar-refractivity contribution is 5.98. The molecular formula is C25H25O2. The van der Waals surface area contributed by atoms with Gasteiger partial charge in [0.05, 0.1) is 13.7 Å². The Morgan fingerprint density at radius 1 is 0.741 bits per heavy atom. The van der Waals surface area contributed by atoms with Gasteiger partial charge in [-0.25, -0.2) is 0 Å². The molecule has 2 heteroatoms. The highest BCUT2D eigenvalue weighted by Gasteiger charge is 2.13. The van der Waals surface area contributed by atoms with E-state index in [1.807, 2.05) is 30.3 Å². The molecule has 0 spiro atoms. The van der Waals surface area contributed by atoms with Gasteiger partial charge < -0.3 is 9.47 Å². The molecule has 0 aliphatic rings. The van der Waals surface area contributed by atoms with Crippen molar-refractivity contribution in [2.45, 2.75) is 13.3 Å². The smallest absolute Gasteiger partial charge is 0.119 e. The van der Waals surface area contributed by atoms with Gasteiger partial charge in [0.15, 0.2) is 0 Å². The number of allylic oxidation sites excluding steroid dienone is 1. The van der Waals surface area contributed by atoms with Crippen molar-refractivity contribution in [1.29, 1.82) is 0 Å². The quantitative estimate of drug-likeness (QED) is 0.463. The van der Waals surface area contributed by atoms with Crippen LogP contribution >= 0.6 is 0 Å². The third-order valence-corrected chi connectivity index (χ3v) is 4.57. The van der Waals surface area contributed by atoms with E-state index in [0.717, 1.165) is 17.9 Å². The van der Waals surface area contributed by atoms with Gasteiger partial charge >= 0.3 is 0 Å². The molecule has 0 amide bonds. The van der Waals surface area contributed by atoms with Crippen molar-refractivity contribution < 1.29 is 9.47 Å². The van der Waals surface area contributed by atoms with E-state index < -0.39 is 0 Å². The third-order valence-electron chi connectivity index (χ3n) is 4.57. The standard InChI is InChI=1S/C25H25O2/c1-4-24(19-11-17-23(18-12-19)27-5-2)25(20-9-7-6-8-10-20)21-13-15-22(26-3)16-14-21/h6-18H,2,4-5H2,1,3H3. The van der Waals surface area contributed by atoms with E-state index in [1.54, 1.807) is 7.11 Å². The molecule has 0 saturated carbocycles. The Balaban J connectivity index is 2.15. The molecule has 0 bridgehead atoms. The SMILES string of the molecule is [CH2]COc1ccc(C(CC)=C(c2ccccc2)c2ccc(OC)cc2)cc1. The van der Waals surface area contributed by atoms with E-state index >= 15 is 0 Å². The average Bonchev–Trinajstić information content (AvgIpc) is 2.74. The molecule has 0 unspecified atom stereocenters. The zero-order valence-electron chi connectivity index (χ0n) is 15.9. The van der Waals surface area contributed by atoms with Crippen molar-refractivity contribution in [3.05, 3.63) is 102 Å². The fraction of sp³-hybridized carbons (Fsp3) is 0.160. The second kappa shape index (κ2) is 9.09. The predicted molar refractivity (Wildman–Crippen MR) is 113 cm³/mol. The van der Waals surface area contributed by atoms with Crippen molar-refractivity contribution in [2.24, 2.45) is 0 Å². The van der Waals surface area contributed by atoms with Gasteiger partial charge in [0.1, 0.15) is 11.5 Å². The average molecular weight is 357 g/mol. The van der Waals surface area contributed by atoms with Crippen LogP contribution in [0, 0.1) is 6.92 Å². The molecule has 3 aromatic rings. The number of ether oxygens (including phenoxy) is 2. The number of rotatable bonds is 7. The molecule has 137 valence electrons. The maximum atomic E-state index is 5.49. The maximum Gasteiger partial charge on any atom is 0.119 e. The van der Waals surface area contributed by atoms with Crippen molar-refractivity contribution in [2.75, 3.05) is 13.7 Å². The summed E-state index contributed by atoms with van der Waals surface area (Å²) in [6.07, 6.45) is 0.922. The van der Waals surface area contributed by atoms with Crippen LogP contribution in [0.25, 0.3) is 11.1 Å². The van der Waals surface area contributed by atoms with Crippen molar-refractivity contribution in [3.63, 3.8) is 0 Å². The number of methoxy groups -OCH3 is 1. The predicted octanol–water partition coefficient (Wildman–Crippen LogP) is 6.28. The van der Waals surface area contributed by atoms with Gasteiger partial charge in [-0.15, -0.1) is 0 Å². The van der Waals surface area contributed by atoms with E-state index in [1.165, 1.54) is 27.8 Å². The minimum Gasteiger partial charge on any atom is -0.497 e. The number of benzene rings is 3. The lowest BCUT2D eigenvalue weighted by molar-refractivity contribution is 0.361. The summed E-state index contributed by atoms with van der Waals surface area (Å²) in [6.45, 7) is 6.36. The minimum absolute atomic E-state index is 0.428. The van der Waals surface area contributed by atoms with Crippen LogP contribution in [0.1, 0.15) is 30.0 Å². The van der Waals surface area contributed by atoms with Gasteiger partial charge in [-0.1, -0.05) is 61.5 Å². The first-order valence-corrected chi connectivity index (χ1v) is 9.22. The van der Waals surface area contributed by atoms with Crippen molar-refractivity contribution in [3.8, 4) is 11.5 Å². The second-order valence-corrected chi connectivity index (χ2v) is 6.17. The highest BCUT2D eigenvalue weighted by atomic mass is 16.5. The third kappa shape index (κ3) is 4.40. The molecule has 0 fully saturated rings. The molecule has 0 aromatic heterocycles. The zero-order chi connectivity index (χ0) is 19.1. The lowest BCUT2D eigenvalue weighted by Crippen LogP contribution is -1.96. The lowest BCUT2D eigenvalue weighted by atomic mass is 9.88. The Morgan fingerprint density at radius 3 is 1.85 bits per heavy atom. The first-order chi connectivity index (χ1) is 13.3. The Bertz CT molecular complexity index is 876. The molecule has 0 heterocycles. The summed E-state index contributed by atoms with van der Waals surface area (Å²) in [5.74, 6) is 1.70. The van der Waals surface area contributed by atoms with Crippen LogP contribution in [0.3, 0.4) is 0 Å². The van der Waals surface area contributed by atoms with E-state index in [4.69, 9.17) is 9.47 Å². The van der Waals surface area contributed by atoms with E-state index in [2.05, 4.69) is 62.4 Å². The Hall–Kier alpha value is -3.00. The molecule has 2 nitrogen and oxygen atoms in total. The Kier molecular flexibility index (Phi) is 6.32. The van der Waals surface area contributed by atoms with Gasteiger partial charge in [-0.3, -0.25) is 0 Å². The summed E-state index contributed by atoms with van der Waals surface area (Å²) in [6, 6.07) is 27.1. The lowest BCUT2D eigenvalue weighted by Gasteiger charge is -2.17. The maximum absolute atomic E-state index is 5.49. The molecule has 0 aliphatic heterocycles. The summed E-state index contributed by atoms with van der Waals surface area (Å²) in [5, 5.41) is 0. The van der Waals surface area contributed by atoms with Gasteiger partial charge in [-0.05, 0) is 65.4 Å².